The van der Waals surface area contributed by atoms with Gasteiger partial charge in [0.25, 0.3) is 0 Å². The lowest BCUT2D eigenvalue weighted by atomic mass is 10.2. The summed E-state index contributed by atoms with van der Waals surface area (Å²) in [6.07, 6.45) is 0. The van der Waals surface area contributed by atoms with Gasteiger partial charge in [-0.1, -0.05) is 11.6 Å². The largest absolute Gasteiger partial charge is 0.397 e. The van der Waals surface area contributed by atoms with Crippen LogP contribution in [0.4, 0.5) is 25.8 Å². The summed E-state index contributed by atoms with van der Waals surface area (Å²) in [6.45, 7) is 0. The molecule has 7 heteroatoms. The van der Waals surface area contributed by atoms with Gasteiger partial charge in [0.1, 0.15) is 11.6 Å². The van der Waals surface area contributed by atoms with Crippen LogP contribution in [0.5, 0.6) is 0 Å². The molecule has 2 aromatic carbocycles. The van der Waals surface area contributed by atoms with Gasteiger partial charge in [-0.3, -0.25) is 0 Å². The summed E-state index contributed by atoms with van der Waals surface area (Å²) in [7, 11) is 0. The van der Waals surface area contributed by atoms with Crippen molar-refractivity contribution in [1.29, 1.82) is 0 Å². The van der Waals surface area contributed by atoms with Crippen LogP contribution in [-0.2, 0) is 0 Å². The summed E-state index contributed by atoms with van der Waals surface area (Å²) in [4.78, 5) is 0. The molecule has 0 spiro atoms. The number of rotatable bonds is 2. The van der Waals surface area contributed by atoms with E-state index in [-0.39, 0.29) is 5.02 Å². The van der Waals surface area contributed by atoms with Gasteiger partial charge in [-0.05, 0) is 56.7 Å². The molecular formula is C12H7BrClF2IN2. The number of benzene rings is 2. The Balaban J connectivity index is 2.45. The van der Waals surface area contributed by atoms with Gasteiger partial charge < -0.3 is 11.1 Å². The van der Waals surface area contributed by atoms with E-state index in [9.17, 15) is 8.78 Å². The molecule has 0 atom stereocenters. The van der Waals surface area contributed by atoms with Crippen LogP contribution in [0.15, 0.2) is 28.7 Å². The number of nitrogens with two attached hydrogens (primary N) is 1. The van der Waals surface area contributed by atoms with Gasteiger partial charge in [-0.2, -0.15) is 0 Å². The molecule has 3 N–H and O–H groups in total. The van der Waals surface area contributed by atoms with Crippen molar-refractivity contribution in [2.24, 2.45) is 0 Å². The van der Waals surface area contributed by atoms with Crippen LogP contribution in [0, 0.1) is 15.2 Å². The first-order chi connectivity index (χ1) is 8.88. The molecule has 0 saturated heterocycles. The third kappa shape index (κ3) is 3.29. The highest BCUT2D eigenvalue weighted by Gasteiger charge is 2.11. The Morgan fingerprint density at radius 1 is 1.21 bits per heavy atom. The summed E-state index contributed by atoms with van der Waals surface area (Å²) in [5, 5.41) is 3.06. The first kappa shape index (κ1) is 14.8. The number of halogens is 5. The smallest absolute Gasteiger partial charge is 0.138 e. The van der Waals surface area contributed by atoms with Gasteiger partial charge in [0.05, 0.1) is 25.7 Å². The van der Waals surface area contributed by atoms with Crippen LogP contribution in [0.25, 0.3) is 0 Å². The van der Waals surface area contributed by atoms with E-state index in [0.717, 1.165) is 6.07 Å². The average Bonchev–Trinajstić information content (AvgIpc) is 2.29. The van der Waals surface area contributed by atoms with Crippen molar-refractivity contribution in [2.45, 2.75) is 0 Å². The third-order valence-electron chi connectivity index (χ3n) is 2.36. The maximum atomic E-state index is 13.5. The first-order valence-corrected chi connectivity index (χ1v) is 7.29. The highest BCUT2D eigenvalue weighted by molar-refractivity contribution is 14.1. The lowest BCUT2D eigenvalue weighted by Gasteiger charge is -2.13. The van der Waals surface area contributed by atoms with E-state index in [0.29, 0.717) is 25.1 Å². The molecule has 0 unspecified atom stereocenters. The van der Waals surface area contributed by atoms with Crippen LogP contribution >= 0.6 is 50.1 Å². The molecular weight excluding hydrogens is 452 g/mol. The number of hydrogen-bond donors (Lipinski definition) is 2. The summed E-state index contributed by atoms with van der Waals surface area (Å²) >= 11 is 11.0. The second-order valence-electron chi connectivity index (χ2n) is 3.72. The fraction of sp³-hybridized carbons (Fsp3) is 0. The number of anilines is 3. The Kier molecular flexibility index (Phi) is 4.52. The quantitative estimate of drug-likeness (QED) is 0.472. The normalized spacial score (nSPS) is 10.6. The average molecular weight is 459 g/mol. The Bertz CT molecular complexity index is 629. The molecule has 0 aromatic heterocycles. The Morgan fingerprint density at radius 2 is 1.89 bits per heavy atom. The minimum Gasteiger partial charge on any atom is -0.397 e. The maximum Gasteiger partial charge on any atom is 0.138 e. The molecule has 2 rings (SSSR count). The van der Waals surface area contributed by atoms with Crippen molar-refractivity contribution in [3.05, 3.63) is 49.0 Å². The molecule has 0 bridgehead atoms. The van der Waals surface area contributed by atoms with E-state index in [1.54, 1.807) is 0 Å². The van der Waals surface area contributed by atoms with Gasteiger partial charge in [-0.25, -0.2) is 8.78 Å². The zero-order chi connectivity index (χ0) is 14.2. The van der Waals surface area contributed by atoms with Crippen molar-refractivity contribution in [1.82, 2.24) is 0 Å². The summed E-state index contributed by atoms with van der Waals surface area (Å²) in [5.41, 5.74) is 6.97. The molecule has 0 radical (unpaired) electrons. The van der Waals surface area contributed by atoms with E-state index in [4.69, 9.17) is 17.3 Å². The van der Waals surface area contributed by atoms with Crippen molar-refractivity contribution in [3.63, 3.8) is 0 Å². The van der Waals surface area contributed by atoms with Crippen LogP contribution < -0.4 is 11.1 Å². The summed E-state index contributed by atoms with van der Waals surface area (Å²) < 4.78 is 27.5. The molecule has 19 heavy (non-hydrogen) atoms. The van der Waals surface area contributed by atoms with Crippen LogP contribution in [0.1, 0.15) is 0 Å². The monoisotopic (exact) mass is 458 g/mol. The molecule has 100 valence electrons. The highest BCUT2D eigenvalue weighted by atomic mass is 127. The number of nitrogens with one attached hydrogen (secondary N) is 1. The van der Waals surface area contributed by atoms with Gasteiger partial charge >= 0.3 is 0 Å². The molecule has 2 nitrogen and oxygen atoms in total. The van der Waals surface area contributed by atoms with Crippen molar-refractivity contribution >= 4 is 67.2 Å². The molecule has 0 aliphatic heterocycles. The van der Waals surface area contributed by atoms with E-state index >= 15 is 0 Å². The predicted molar refractivity (Wildman–Crippen MR) is 85.9 cm³/mol. The van der Waals surface area contributed by atoms with Crippen LogP contribution in [0.2, 0.25) is 5.02 Å². The second kappa shape index (κ2) is 5.80. The van der Waals surface area contributed by atoms with Gasteiger partial charge in [0.15, 0.2) is 0 Å². The van der Waals surface area contributed by atoms with Gasteiger partial charge in [0.2, 0.25) is 0 Å². The number of hydrogen-bond acceptors (Lipinski definition) is 2. The standard InChI is InChI=1S/C12H7BrClF2IN2/c13-6-1-5(15)2-7(14)12(6)19-11-3-8(16)9(17)4-10(11)18/h1-4,19H,18H2. The molecule has 0 fully saturated rings. The predicted octanol–water partition coefficient (Wildman–Crippen LogP) is 5.31. The maximum absolute atomic E-state index is 13.5. The van der Waals surface area contributed by atoms with E-state index in [2.05, 4.69) is 21.2 Å². The summed E-state index contributed by atoms with van der Waals surface area (Å²) in [6, 6.07) is 5.19. The lowest BCUT2D eigenvalue weighted by molar-refractivity contribution is 0.621. The highest BCUT2D eigenvalue weighted by Crippen LogP contribution is 2.36. The third-order valence-corrected chi connectivity index (χ3v) is 4.11. The van der Waals surface area contributed by atoms with Crippen molar-refractivity contribution in [3.8, 4) is 0 Å². The SMILES string of the molecule is Nc1cc(I)c(F)cc1Nc1c(Cl)cc(F)cc1Br. The Hall–Kier alpha value is -0.600. The van der Waals surface area contributed by atoms with E-state index in [1.807, 2.05) is 22.6 Å². The fourth-order valence-electron chi connectivity index (χ4n) is 1.47. The topological polar surface area (TPSA) is 38.0 Å². The Morgan fingerprint density at radius 3 is 2.53 bits per heavy atom. The summed E-state index contributed by atoms with van der Waals surface area (Å²) in [5.74, 6) is -0.865. The molecule has 0 amide bonds. The molecule has 0 saturated carbocycles. The Labute approximate surface area is 135 Å². The van der Waals surface area contributed by atoms with Crippen LogP contribution in [0.3, 0.4) is 0 Å². The van der Waals surface area contributed by atoms with Gasteiger partial charge in [-0.15, -0.1) is 0 Å². The molecule has 0 aliphatic rings. The van der Waals surface area contributed by atoms with Crippen molar-refractivity contribution in [2.75, 3.05) is 11.1 Å². The van der Waals surface area contributed by atoms with Crippen LogP contribution in [-0.4, -0.2) is 0 Å². The molecule has 0 aliphatic carbocycles. The second-order valence-corrected chi connectivity index (χ2v) is 6.15. The zero-order valence-electron chi connectivity index (χ0n) is 9.28. The van der Waals surface area contributed by atoms with E-state index in [1.165, 1.54) is 18.2 Å². The van der Waals surface area contributed by atoms with Crippen molar-refractivity contribution < 1.29 is 8.78 Å². The first-order valence-electron chi connectivity index (χ1n) is 5.04. The minimum absolute atomic E-state index is 0.172. The molecule has 0 heterocycles. The molecule has 2 aromatic rings. The minimum atomic E-state index is -0.468. The number of nitrogen functional groups attached to an aromatic ring is 1. The van der Waals surface area contributed by atoms with E-state index < -0.39 is 11.6 Å². The zero-order valence-corrected chi connectivity index (χ0v) is 13.8. The lowest BCUT2D eigenvalue weighted by Crippen LogP contribution is -2.00. The fourth-order valence-corrected chi connectivity index (χ4v) is 2.86. The van der Waals surface area contributed by atoms with Gasteiger partial charge in [0, 0.05) is 10.5 Å².